The first-order valence-electron chi connectivity index (χ1n) is 9.66. The number of rotatable bonds is 11. The Labute approximate surface area is 155 Å². The summed E-state index contributed by atoms with van der Waals surface area (Å²) in [6.07, 6.45) is 6.58. The van der Waals surface area contributed by atoms with E-state index in [-0.39, 0.29) is 17.9 Å². The van der Waals surface area contributed by atoms with Gasteiger partial charge in [-0.1, -0.05) is 49.6 Å². The van der Waals surface area contributed by atoms with Gasteiger partial charge in [0.15, 0.2) is 0 Å². The van der Waals surface area contributed by atoms with Crippen LogP contribution in [0.2, 0.25) is 0 Å². The van der Waals surface area contributed by atoms with E-state index in [1.165, 1.54) is 5.56 Å². The molecule has 144 valence electrons. The minimum Gasteiger partial charge on any atom is -0.352 e. The number of amides is 2. The summed E-state index contributed by atoms with van der Waals surface area (Å²) in [5.74, 6) is -0.182. The lowest BCUT2D eigenvalue weighted by atomic mass is 10.1. The van der Waals surface area contributed by atoms with E-state index in [1.54, 1.807) is 5.48 Å². The van der Waals surface area contributed by atoms with E-state index in [1.807, 2.05) is 6.07 Å². The van der Waals surface area contributed by atoms with Crippen molar-refractivity contribution in [1.82, 2.24) is 15.7 Å². The second kappa shape index (κ2) is 11.6. The largest absolute Gasteiger partial charge is 0.352 e. The Morgan fingerprint density at radius 1 is 1.00 bits per heavy atom. The second-order valence-corrected chi connectivity index (χ2v) is 7.08. The first kappa shape index (κ1) is 20.4. The van der Waals surface area contributed by atoms with Gasteiger partial charge in [0.05, 0.1) is 0 Å². The lowest BCUT2D eigenvalue weighted by Gasteiger charge is -2.16. The highest BCUT2D eigenvalue weighted by Gasteiger charge is 2.23. The Morgan fingerprint density at radius 2 is 1.65 bits per heavy atom. The molecule has 1 fully saturated rings. The zero-order valence-electron chi connectivity index (χ0n) is 15.5. The number of likely N-dealkylation sites (tertiary alicyclic amines) is 1. The first-order chi connectivity index (χ1) is 12.7. The van der Waals surface area contributed by atoms with Gasteiger partial charge in [0.2, 0.25) is 11.8 Å². The van der Waals surface area contributed by atoms with Gasteiger partial charge >= 0.3 is 0 Å². The highest BCUT2D eigenvalue weighted by atomic mass is 16.5. The van der Waals surface area contributed by atoms with Crippen molar-refractivity contribution in [1.29, 1.82) is 0 Å². The highest BCUT2D eigenvalue weighted by Crippen LogP contribution is 2.14. The number of nitrogens with one attached hydrogen (secondary N) is 2. The molecule has 0 bridgehead atoms. The molecule has 0 radical (unpaired) electrons. The summed E-state index contributed by atoms with van der Waals surface area (Å²) in [4.78, 5) is 25.3. The minimum absolute atomic E-state index is 0.149. The number of unbranched alkanes of at least 4 members (excludes halogenated alkanes) is 4. The molecule has 1 aliphatic rings. The molecule has 0 aromatic heterocycles. The Morgan fingerprint density at radius 3 is 2.35 bits per heavy atom. The van der Waals surface area contributed by atoms with Crippen molar-refractivity contribution in [2.45, 2.75) is 64.0 Å². The molecule has 1 atom stereocenters. The molecular weight excluding hydrogens is 330 g/mol. The van der Waals surface area contributed by atoms with Crippen LogP contribution in [0.4, 0.5) is 0 Å². The van der Waals surface area contributed by atoms with Crippen LogP contribution in [0.5, 0.6) is 0 Å². The van der Waals surface area contributed by atoms with Gasteiger partial charge in [-0.05, 0) is 24.8 Å². The van der Waals surface area contributed by atoms with Gasteiger partial charge in [0.1, 0.15) is 0 Å². The molecule has 2 amide bonds. The van der Waals surface area contributed by atoms with Gasteiger partial charge in [0, 0.05) is 38.5 Å². The molecule has 3 N–H and O–H groups in total. The average molecular weight is 361 g/mol. The van der Waals surface area contributed by atoms with Gasteiger partial charge in [-0.25, -0.2) is 5.48 Å². The van der Waals surface area contributed by atoms with Crippen molar-refractivity contribution in [2.24, 2.45) is 0 Å². The molecular formula is C20H31N3O3. The van der Waals surface area contributed by atoms with Gasteiger partial charge in [-0.3, -0.25) is 19.7 Å². The maximum Gasteiger partial charge on any atom is 0.243 e. The molecule has 1 aromatic rings. The van der Waals surface area contributed by atoms with Crippen LogP contribution in [0.15, 0.2) is 30.3 Å². The molecule has 6 heteroatoms. The normalized spacial score (nSPS) is 17.2. The predicted molar refractivity (Wildman–Crippen MR) is 101 cm³/mol. The van der Waals surface area contributed by atoms with E-state index in [2.05, 4.69) is 34.5 Å². The number of benzene rings is 1. The molecule has 0 spiro atoms. The SMILES string of the molecule is O=C(CCCCCCCC(=O)N[C@@H]1CCN(Cc2ccccc2)C1)NO. The number of nitrogens with zero attached hydrogens (tertiary/aromatic N) is 1. The summed E-state index contributed by atoms with van der Waals surface area (Å²) in [5.41, 5.74) is 2.95. The highest BCUT2D eigenvalue weighted by molar-refractivity contribution is 5.76. The number of carbonyl (C=O) groups is 2. The van der Waals surface area contributed by atoms with Gasteiger partial charge in [0.25, 0.3) is 0 Å². The molecule has 1 saturated heterocycles. The predicted octanol–water partition coefficient (Wildman–Crippen LogP) is 2.61. The van der Waals surface area contributed by atoms with Crippen molar-refractivity contribution in [3.05, 3.63) is 35.9 Å². The van der Waals surface area contributed by atoms with E-state index in [0.717, 1.165) is 58.2 Å². The van der Waals surface area contributed by atoms with Gasteiger partial charge in [-0.15, -0.1) is 0 Å². The van der Waals surface area contributed by atoms with Crippen molar-refractivity contribution in [3.63, 3.8) is 0 Å². The van der Waals surface area contributed by atoms with E-state index < -0.39 is 0 Å². The fourth-order valence-corrected chi connectivity index (χ4v) is 3.39. The second-order valence-electron chi connectivity index (χ2n) is 7.08. The topological polar surface area (TPSA) is 81.7 Å². The number of hydrogen-bond donors (Lipinski definition) is 3. The maximum absolute atomic E-state index is 12.1. The monoisotopic (exact) mass is 361 g/mol. The third-order valence-corrected chi connectivity index (χ3v) is 4.82. The molecule has 0 unspecified atom stereocenters. The summed E-state index contributed by atoms with van der Waals surface area (Å²) in [6.45, 7) is 2.90. The molecule has 6 nitrogen and oxygen atoms in total. The van der Waals surface area contributed by atoms with Crippen LogP contribution < -0.4 is 10.8 Å². The van der Waals surface area contributed by atoms with Crippen LogP contribution in [0.3, 0.4) is 0 Å². The lowest BCUT2D eigenvalue weighted by Crippen LogP contribution is -2.36. The Balaban J connectivity index is 1.50. The van der Waals surface area contributed by atoms with Crippen LogP contribution in [0, 0.1) is 0 Å². The van der Waals surface area contributed by atoms with Crippen molar-refractivity contribution >= 4 is 11.8 Å². The Hall–Kier alpha value is -1.92. The summed E-state index contributed by atoms with van der Waals surface area (Å²) < 4.78 is 0. The third kappa shape index (κ3) is 7.97. The van der Waals surface area contributed by atoms with Crippen molar-refractivity contribution < 1.29 is 14.8 Å². The van der Waals surface area contributed by atoms with Crippen LogP contribution in [0.25, 0.3) is 0 Å². The van der Waals surface area contributed by atoms with Crippen LogP contribution >= 0.6 is 0 Å². The average Bonchev–Trinajstić information content (AvgIpc) is 3.08. The van der Waals surface area contributed by atoms with Gasteiger partial charge in [-0.2, -0.15) is 0 Å². The lowest BCUT2D eigenvalue weighted by molar-refractivity contribution is -0.129. The number of hydrogen-bond acceptors (Lipinski definition) is 4. The summed E-state index contributed by atoms with van der Waals surface area (Å²) in [7, 11) is 0. The number of hydroxylamine groups is 1. The van der Waals surface area contributed by atoms with E-state index in [0.29, 0.717) is 12.8 Å². The smallest absolute Gasteiger partial charge is 0.243 e. The third-order valence-electron chi connectivity index (χ3n) is 4.82. The summed E-state index contributed by atoms with van der Waals surface area (Å²) in [6, 6.07) is 10.7. The zero-order chi connectivity index (χ0) is 18.6. The van der Waals surface area contributed by atoms with Crippen LogP contribution in [-0.2, 0) is 16.1 Å². The fraction of sp³-hybridized carbons (Fsp3) is 0.600. The molecule has 2 rings (SSSR count). The quantitative estimate of drug-likeness (QED) is 0.321. The van der Waals surface area contributed by atoms with E-state index in [9.17, 15) is 9.59 Å². The Kier molecular flexibility index (Phi) is 9.14. The summed E-state index contributed by atoms with van der Waals surface area (Å²) in [5, 5.41) is 11.6. The zero-order valence-corrected chi connectivity index (χ0v) is 15.5. The van der Waals surface area contributed by atoms with Crippen LogP contribution in [-0.4, -0.2) is 41.1 Å². The summed E-state index contributed by atoms with van der Waals surface area (Å²) >= 11 is 0. The number of carbonyl (C=O) groups excluding carboxylic acids is 2. The Bertz CT molecular complexity index is 550. The van der Waals surface area contributed by atoms with Gasteiger partial charge < -0.3 is 5.32 Å². The molecule has 1 aromatic carbocycles. The van der Waals surface area contributed by atoms with E-state index in [4.69, 9.17) is 5.21 Å². The molecule has 1 aliphatic heterocycles. The van der Waals surface area contributed by atoms with E-state index >= 15 is 0 Å². The molecule has 26 heavy (non-hydrogen) atoms. The molecule has 0 aliphatic carbocycles. The molecule has 1 heterocycles. The minimum atomic E-state index is -0.331. The molecule has 0 saturated carbocycles. The van der Waals surface area contributed by atoms with Crippen LogP contribution in [0.1, 0.15) is 56.9 Å². The maximum atomic E-state index is 12.1. The van der Waals surface area contributed by atoms with Crippen molar-refractivity contribution in [3.8, 4) is 0 Å². The standard InChI is InChI=1S/C20H31N3O3/c24-19(11-7-2-1-3-8-12-20(25)22-26)21-18-13-14-23(16-18)15-17-9-5-4-6-10-17/h4-6,9-10,18,26H,1-3,7-8,11-16H2,(H,21,24)(H,22,25)/t18-/m1/s1. The first-order valence-corrected chi connectivity index (χ1v) is 9.66. The van der Waals surface area contributed by atoms with Crippen molar-refractivity contribution in [2.75, 3.05) is 13.1 Å². The fourth-order valence-electron chi connectivity index (χ4n) is 3.39.